The van der Waals surface area contributed by atoms with Crippen LogP contribution in [0.4, 0.5) is 0 Å². The van der Waals surface area contributed by atoms with Gasteiger partial charge in [0.25, 0.3) is 0 Å². The molecule has 1 fully saturated rings. The minimum atomic E-state index is -0.683. The summed E-state index contributed by atoms with van der Waals surface area (Å²) in [7, 11) is 0. The van der Waals surface area contributed by atoms with Crippen LogP contribution in [0.25, 0.3) is 10.8 Å². The van der Waals surface area contributed by atoms with E-state index in [1.807, 2.05) is 42.5 Å². The van der Waals surface area contributed by atoms with Crippen LogP contribution in [0.3, 0.4) is 0 Å². The number of piperidine rings is 1. The van der Waals surface area contributed by atoms with Crippen molar-refractivity contribution in [1.29, 1.82) is 0 Å². The predicted octanol–water partition coefficient (Wildman–Crippen LogP) is 2.13. The maximum Gasteiger partial charge on any atom is 0.237 e. The van der Waals surface area contributed by atoms with Gasteiger partial charge in [0.05, 0.1) is 12.1 Å². The first-order valence-corrected chi connectivity index (χ1v) is 7.92. The van der Waals surface area contributed by atoms with Crippen LogP contribution in [-0.4, -0.2) is 30.1 Å². The molecule has 1 aliphatic rings. The number of amides is 1. The molecule has 1 amide bonds. The van der Waals surface area contributed by atoms with Crippen molar-refractivity contribution in [3.63, 3.8) is 0 Å². The molecule has 1 heterocycles. The lowest BCUT2D eigenvalue weighted by Crippen LogP contribution is -2.47. The second-order valence-corrected chi connectivity index (χ2v) is 5.87. The van der Waals surface area contributed by atoms with Crippen LogP contribution in [0.5, 0.6) is 0 Å². The van der Waals surface area contributed by atoms with E-state index in [4.69, 9.17) is 0 Å². The van der Waals surface area contributed by atoms with Crippen molar-refractivity contribution in [3.05, 3.63) is 48.0 Å². The lowest BCUT2D eigenvalue weighted by molar-refractivity contribution is -0.124. The number of rotatable bonds is 4. The van der Waals surface area contributed by atoms with Crippen LogP contribution in [0.1, 0.15) is 30.9 Å². The summed E-state index contributed by atoms with van der Waals surface area (Å²) < 4.78 is 0. The highest BCUT2D eigenvalue weighted by Crippen LogP contribution is 2.20. The van der Waals surface area contributed by atoms with Crippen molar-refractivity contribution in [2.45, 2.75) is 31.4 Å². The fraction of sp³-hybridized carbons (Fsp3) is 0.389. The molecule has 4 heteroatoms. The molecule has 1 aliphatic heterocycles. The molecule has 0 spiro atoms. The van der Waals surface area contributed by atoms with Gasteiger partial charge in [-0.05, 0) is 41.8 Å². The Morgan fingerprint density at radius 1 is 1.23 bits per heavy atom. The van der Waals surface area contributed by atoms with Crippen LogP contribution >= 0.6 is 0 Å². The maximum absolute atomic E-state index is 12.1. The van der Waals surface area contributed by atoms with E-state index >= 15 is 0 Å². The molecule has 116 valence electrons. The zero-order chi connectivity index (χ0) is 15.4. The molecule has 22 heavy (non-hydrogen) atoms. The Kier molecular flexibility index (Phi) is 4.71. The largest absolute Gasteiger partial charge is 0.387 e. The number of aliphatic hydroxyl groups excluding tert-OH is 1. The van der Waals surface area contributed by atoms with Gasteiger partial charge in [0.15, 0.2) is 0 Å². The van der Waals surface area contributed by atoms with E-state index in [9.17, 15) is 9.90 Å². The summed E-state index contributed by atoms with van der Waals surface area (Å²) in [5.41, 5.74) is 0.829. The van der Waals surface area contributed by atoms with Gasteiger partial charge in [-0.1, -0.05) is 42.8 Å². The van der Waals surface area contributed by atoms with Gasteiger partial charge in [-0.25, -0.2) is 0 Å². The van der Waals surface area contributed by atoms with Gasteiger partial charge in [0.1, 0.15) is 0 Å². The smallest absolute Gasteiger partial charge is 0.237 e. The number of hydrogen-bond acceptors (Lipinski definition) is 3. The van der Waals surface area contributed by atoms with Gasteiger partial charge in [0, 0.05) is 6.54 Å². The highest BCUT2D eigenvalue weighted by Gasteiger charge is 2.21. The van der Waals surface area contributed by atoms with Crippen molar-refractivity contribution in [2.24, 2.45) is 0 Å². The number of aliphatic hydroxyl groups is 1. The number of hydrogen-bond donors (Lipinski definition) is 3. The Labute approximate surface area is 130 Å². The molecular weight excluding hydrogens is 276 g/mol. The summed E-state index contributed by atoms with van der Waals surface area (Å²) in [5.74, 6) is -0.0143. The van der Waals surface area contributed by atoms with E-state index in [2.05, 4.69) is 10.6 Å². The molecule has 0 radical (unpaired) electrons. The molecule has 3 rings (SSSR count). The molecule has 0 aromatic heterocycles. The summed E-state index contributed by atoms with van der Waals surface area (Å²) in [5, 5.41) is 18.6. The van der Waals surface area contributed by atoms with Crippen molar-refractivity contribution in [2.75, 3.05) is 13.1 Å². The SMILES string of the molecule is O=C(NCC(O)c1ccc2ccccc2c1)C1CCCCN1. The third kappa shape index (κ3) is 3.46. The molecule has 2 aromatic carbocycles. The van der Waals surface area contributed by atoms with Gasteiger partial charge in [-0.15, -0.1) is 0 Å². The van der Waals surface area contributed by atoms with E-state index in [1.165, 1.54) is 0 Å². The number of fused-ring (bicyclic) bond motifs is 1. The predicted molar refractivity (Wildman–Crippen MR) is 87.6 cm³/mol. The van der Waals surface area contributed by atoms with E-state index in [-0.39, 0.29) is 18.5 Å². The van der Waals surface area contributed by atoms with Crippen molar-refractivity contribution in [1.82, 2.24) is 10.6 Å². The Morgan fingerprint density at radius 3 is 2.82 bits per heavy atom. The topological polar surface area (TPSA) is 61.4 Å². The summed E-state index contributed by atoms with van der Waals surface area (Å²) in [6, 6.07) is 13.8. The molecule has 3 N–H and O–H groups in total. The Morgan fingerprint density at radius 2 is 2.05 bits per heavy atom. The van der Waals surface area contributed by atoms with Crippen LogP contribution in [0.15, 0.2) is 42.5 Å². The normalized spacial score (nSPS) is 19.8. The van der Waals surface area contributed by atoms with Crippen molar-refractivity contribution < 1.29 is 9.90 Å². The van der Waals surface area contributed by atoms with Gasteiger partial charge in [-0.3, -0.25) is 4.79 Å². The first-order chi connectivity index (χ1) is 10.7. The first-order valence-electron chi connectivity index (χ1n) is 7.92. The number of nitrogens with one attached hydrogen (secondary N) is 2. The minimum Gasteiger partial charge on any atom is -0.387 e. The summed E-state index contributed by atoms with van der Waals surface area (Å²) in [6.45, 7) is 1.14. The van der Waals surface area contributed by atoms with Gasteiger partial charge < -0.3 is 15.7 Å². The monoisotopic (exact) mass is 298 g/mol. The lowest BCUT2D eigenvalue weighted by Gasteiger charge is -2.23. The molecule has 0 aliphatic carbocycles. The Hall–Kier alpha value is -1.91. The third-order valence-corrected chi connectivity index (χ3v) is 4.25. The van der Waals surface area contributed by atoms with Gasteiger partial charge >= 0.3 is 0 Å². The highest BCUT2D eigenvalue weighted by atomic mass is 16.3. The second-order valence-electron chi connectivity index (χ2n) is 5.87. The van der Waals surface area contributed by atoms with E-state index < -0.39 is 6.10 Å². The van der Waals surface area contributed by atoms with E-state index in [1.54, 1.807) is 0 Å². The second kappa shape index (κ2) is 6.90. The lowest BCUT2D eigenvalue weighted by atomic mass is 10.0. The van der Waals surface area contributed by atoms with Crippen LogP contribution in [0.2, 0.25) is 0 Å². The highest BCUT2D eigenvalue weighted by molar-refractivity contribution is 5.83. The molecule has 2 unspecified atom stereocenters. The zero-order valence-corrected chi connectivity index (χ0v) is 12.6. The van der Waals surface area contributed by atoms with Crippen LogP contribution in [0, 0.1) is 0 Å². The fourth-order valence-corrected chi connectivity index (χ4v) is 2.93. The molecule has 2 aromatic rings. The van der Waals surface area contributed by atoms with Gasteiger partial charge in [-0.2, -0.15) is 0 Å². The van der Waals surface area contributed by atoms with Crippen molar-refractivity contribution in [3.8, 4) is 0 Å². The van der Waals surface area contributed by atoms with Gasteiger partial charge in [0.2, 0.25) is 5.91 Å². The Bertz CT molecular complexity index is 650. The fourth-order valence-electron chi connectivity index (χ4n) is 2.93. The number of carbonyl (C=O) groups is 1. The number of carbonyl (C=O) groups excluding carboxylic acids is 1. The molecule has 0 bridgehead atoms. The van der Waals surface area contributed by atoms with Crippen LogP contribution < -0.4 is 10.6 Å². The average Bonchev–Trinajstić information content (AvgIpc) is 2.59. The first kappa shape index (κ1) is 15.0. The summed E-state index contributed by atoms with van der Waals surface area (Å²) in [6.07, 6.45) is 2.40. The molecule has 2 atom stereocenters. The molecule has 0 saturated carbocycles. The van der Waals surface area contributed by atoms with Crippen molar-refractivity contribution >= 4 is 16.7 Å². The third-order valence-electron chi connectivity index (χ3n) is 4.25. The van der Waals surface area contributed by atoms with Crippen LogP contribution in [-0.2, 0) is 4.79 Å². The Balaban J connectivity index is 1.60. The van der Waals surface area contributed by atoms with E-state index in [0.29, 0.717) is 0 Å². The number of benzene rings is 2. The minimum absolute atomic E-state index is 0.0143. The molecular formula is C18H22N2O2. The maximum atomic E-state index is 12.1. The standard InChI is InChI=1S/C18H22N2O2/c21-17(12-20-18(22)16-7-3-4-10-19-16)15-9-8-13-5-1-2-6-14(13)11-15/h1-2,5-6,8-9,11,16-17,19,21H,3-4,7,10,12H2,(H,20,22). The zero-order valence-electron chi connectivity index (χ0n) is 12.6. The average molecular weight is 298 g/mol. The molecule has 4 nitrogen and oxygen atoms in total. The summed E-state index contributed by atoms with van der Waals surface area (Å²) >= 11 is 0. The molecule has 1 saturated heterocycles. The summed E-state index contributed by atoms with van der Waals surface area (Å²) in [4.78, 5) is 12.1. The van der Waals surface area contributed by atoms with E-state index in [0.717, 1.165) is 42.1 Å². The quantitative estimate of drug-likeness (QED) is 0.810.